The van der Waals surface area contributed by atoms with Crippen molar-refractivity contribution in [3.05, 3.63) is 29.8 Å². The van der Waals surface area contributed by atoms with Crippen molar-refractivity contribution in [1.29, 1.82) is 0 Å². The number of nitrogens with two attached hydrogens (primary N) is 4. The molecule has 1 rings (SSSR count). The van der Waals surface area contributed by atoms with Crippen molar-refractivity contribution in [2.24, 2.45) is 33.8 Å². The molecule has 0 aliphatic carbocycles. The molecule has 40 heavy (non-hydrogen) atoms. The van der Waals surface area contributed by atoms with Crippen LogP contribution in [0.1, 0.15) is 51.5 Å². The van der Waals surface area contributed by atoms with Gasteiger partial charge < -0.3 is 49.1 Å². The van der Waals surface area contributed by atoms with Gasteiger partial charge in [0.2, 0.25) is 17.7 Å². The first kappa shape index (κ1) is 34.1. The number of unbranched alkanes of at least 4 members (excludes halogenated alkanes) is 1. The molecule has 13 N–H and O–H groups in total. The maximum atomic E-state index is 13.3. The zero-order valence-electron chi connectivity index (χ0n) is 23.1. The van der Waals surface area contributed by atoms with Crippen molar-refractivity contribution in [3.63, 3.8) is 0 Å². The first-order valence-electron chi connectivity index (χ1n) is 13.3. The summed E-state index contributed by atoms with van der Waals surface area (Å²) >= 11 is 0. The molecule has 4 atom stereocenters. The molecule has 1 aromatic rings. The van der Waals surface area contributed by atoms with E-state index in [4.69, 9.17) is 22.9 Å². The standard InChI is InChI=1S/C26H44N8O6/c1-15(2)21(34-22(36)18(28)6-3-4-12-27)24(38)33-20(14-16-8-10-17(35)11-9-16)23(37)32-19(25(39)40)7-5-13-31-26(29)30/h8-11,15,18-21,35H,3-7,12-14,27-28H2,1-2H3,(H,32,37)(H,33,38)(H,34,36)(H,39,40)(H4,29,30,31). The van der Waals surface area contributed by atoms with E-state index in [9.17, 15) is 29.4 Å². The van der Waals surface area contributed by atoms with E-state index in [0.717, 1.165) is 6.42 Å². The highest BCUT2D eigenvalue weighted by molar-refractivity contribution is 5.94. The van der Waals surface area contributed by atoms with Crippen molar-refractivity contribution in [3.8, 4) is 5.75 Å². The molecule has 0 aliphatic heterocycles. The number of carboxylic acid groups (broad SMARTS) is 1. The number of benzene rings is 1. The van der Waals surface area contributed by atoms with Gasteiger partial charge in [0.15, 0.2) is 5.96 Å². The van der Waals surface area contributed by atoms with Gasteiger partial charge in [0.1, 0.15) is 23.9 Å². The van der Waals surface area contributed by atoms with Crippen molar-refractivity contribution >= 4 is 29.7 Å². The predicted molar refractivity (Wildman–Crippen MR) is 151 cm³/mol. The quantitative estimate of drug-likeness (QED) is 0.0574. The van der Waals surface area contributed by atoms with Gasteiger partial charge in [-0.2, -0.15) is 0 Å². The van der Waals surface area contributed by atoms with Gasteiger partial charge in [0, 0.05) is 13.0 Å². The number of aromatic hydroxyl groups is 1. The number of aliphatic imine (C=N–C) groups is 1. The number of amides is 3. The van der Waals surface area contributed by atoms with Crippen LogP contribution in [0.15, 0.2) is 29.3 Å². The zero-order chi connectivity index (χ0) is 30.2. The number of hydrogen-bond acceptors (Lipinski definition) is 8. The predicted octanol–water partition coefficient (Wildman–Crippen LogP) is -1.36. The number of guanidine groups is 1. The number of nitrogens with one attached hydrogen (secondary N) is 3. The topological polar surface area (TPSA) is 261 Å². The van der Waals surface area contributed by atoms with Crippen molar-refractivity contribution in [2.45, 2.75) is 76.5 Å². The van der Waals surface area contributed by atoms with E-state index in [1.807, 2.05) is 0 Å². The van der Waals surface area contributed by atoms with Crippen LogP contribution in [0, 0.1) is 5.92 Å². The molecule has 0 heterocycles. The van der Waals surface area contributed by atoms with E-state index in [1.54, 1.807) is 26.0 Å². The van der Waals surface area contributed by atoms with E-state index in [1.165, 1.54) is 12.1 Å². The first-order valence-corrected chi connectivity index (χ1v) is 13.3. The van der Waals surface area contributed by atoms with Gasteiger partial charge in [-0.3, -0.25) is 19.4 Å². The third-order valence-corrected chi connectivity index (χ3v) is 6.12. The summed E-state index contributed by atoms with van der Waals surface area (Å²) in [6.07, 6.45) is 2.11. The van der Waals surface area contributed by atoms with E-state index in [0.29, 0.717) is 24.9 Å². The molecule has 0 aromatic heterocycles. The smallest absolute Gasteiger partial charge is 0.326 e. The van der Waals surface area contributed by atoms with Crippen molar-refractivity contribution < 1.29 is 29.4 Å². The SMILES string of the molecule is CC(C)C(NC(=O)C(N)CCCCN)C(=O)NC(Cc1ccc(O)cc1)C(=O)NC(CCCN=C(N)N)C(=O)O. The fourth-order valence-electron chi connectivity index (χ4n) is 3.81. The lowest BCUT2D eigenvalue weighted by Gasteiger charge is -2.27. The lowest BCUT2D eigenvalue weighted by Crippen LogP contribution is -2.58. The van der Waals surface area contributed by atoms with Crippen LogP contribution in [0.4, 0.5) is 0 Å². The number of hydrogen-bond donors (Lipinski definition) is 9. The number of rotatable bonds is 18. The number of aliphatic carboxylic acids is 1. The summed E-state index contributed by atoms with van der Waals surface area (Å²) in [5, 5.41) is 27.0. The highest BCUT2D eigenvalue weighted by Gasteiger charge is 2.31. The van der Waals surface area contributed by atoms with E-state index < -0.39 is 47.9 Å². The lowest BCUT2D eigenvalue weighted by molar-refractivity contribution is -0.142. The molecule has 1 aromatic carbocycles. The molecular formula is C26H44N8O6. The molecule has 0 spiro atoms. The van der Waals surface area contributed by atoms with Crippen LogP contribution < -0.4 is 38.9 Å². The van der Waals surface area contributed by atoms with Gasteiger partial charge in [0.25, 0.3) is 0 Å². The summed E-state index contributed by atoms with van der Waals surface area (Å²) in [5.41, 5.74) is 22.6. The maximum Gasteiger partial charge on any atom is 0.326 e. The van der Waals surface area contributed by atoms with Crippen LogP contribution in [-0.4, -0.2) is 77.1 Å². The molecule has 224 valence electrons. The molecule has 14 nitrogen and oxygen atoms in total. The van der Waals surface area contributed by atoms with Crippen molar-refractivity contribution in [2.75, 3.05) is 13.1 Å². The largest absolute Gasteiger partial charge is 0.508 e. The summed E-state index contributed by atoms with van der Waals surface area (Å²) in [4.78, 5) is 54.8. The Hall–Kier alpha value is -3.91. The number of phenolic OH excluding ortho intramolecular Hbond substituents is 1. The minimum atomic E-state index is -1.26. The molecule has 0 radical (unpaired) electrons. The number of nitrogens with zero attached hydrogens (tertiary/aromatic N) is 1. The monoisotopic (exact) mass is 564 g/mol. The molecule has 0 saturated carbocycles. The molecule has 4 unspecified atom stereocenters. The Morgan fingerprint density at radius 2 is 1.50 bits per heavy atom. The second-order valence-electron chi connectivity index (χ2n) is 9.90. The average molecular weight is 565 g/mol. The number of carbonyl (C=O) groups excluding carboxylic acids is 3. The molecule has 3 amide bonds. The summed E-state index contributed by atoms with van der Waals surface area (Å²) in [7, 11) is 0. The van der Waals surface area contributed by atoms with Crippen LogP contribution in [-0.2, 0) is 25.6 Å². The van der Waals surface area contributed by atoms with E-state index >= 15 is 0 Å². The van der Waals surface area contributed by atoms with Crippen LogP contribution in [0.2, 0.25) is 0 Å². The fourth-order valence-corrected chi connectivity index (χ4v) is 3.81. The Kier molecular flexibility index (Phi) is 15.0. The lowest BCUT2D eigenvalue weighted by atomic mass is 9.99. The van der Waals surface area contributed by atoms with Gasteiger partial charge in [-0.05, 0) is 55.8 Å². The molecule has 14 heteroatoms. The Labute approximate surface area is 234 Å². The molecule has 0 fully saturated rings. The third-order valence-electron chi connectivity index (χ3n) is 6.12. The van der Waals surface area contributed by atoms with Gasteiger partial charge >= 0.3 is 5.97 Å². The number of carboxylic acids is 1. The minimum absolute atomic E-state index is 0.00441. The van der Waals surface area contributed by atoms with Gasteiger partial charge in [0.05, 0.1) is 6.04 Å². The highest BCUT2D eigenvalue weighted by Crippen LogP contribution is 2.13. The Morgan fingerprint density at radius 3 is 2.05 bits per heavy atom. The second-order valence-corrected chi connectivity index (χ2v) is 9.90. The van der Waals surface area contributed by atoms with Crippen LogP contribution >= 0.6 is 0 Å². The van der Waals surface area contributed by atoms with Crippen molar-refractivity contribution in [1.82, 2.24) is 16.0 Å². The minimum Gasteiger partial charge on any atom is -0.508 e. The Bertz CT molecular complexity index is 997. The Morgan fingerprint density at radius 1 is 0.875 bits per heavy atom. The van der Waals surface area contributed by atoms with Crippen LogP contribution in [0.25, 0.3) is 0 Å². The summed E-state index contributed by atoms with van der Waals surface area (Å²) in [6.45, 7) is 4.13. The average Bonchev–Trinajstić information content (AvgIpc) is 2.88. The summed E-state index contributed by atoms with van der Waals surface area (Å²) in [6, 6.07) is 1.74. The summed E-state index contributed by atoms with van der Waals surface area (Å²) < 4.78 is 0. The van der Waals surface area contributed by atoms with Gasteiger partial charge in [-0.15, -0.1) is 0 Å². The van der Waals surface area contributed by atoms with Crippen LogP contribution in [0.3, 0.4) is 0 Å². The normalized spacial score (nSPS) is 13.9. The zero-order valence-corrected chi connectivity index (χ0v) is 23.1. The maximum absolute atomic E-state index is 13.3. The number of phenols is 1. The highest BCUT2D eigenvalue weighted by atomic mass is 16.4. The molecule has 0 saturated heterocycles. The third kappa shape index (κ3) is 12.8. The first-order chi connectivity index (χ1) is 18.8. The van der Waals surface area contributed by atoms with E-state index in [-0.39, 0.29) is 43.4 Å². The molecule has 0 aliphatic rings. The fraction of sp³-hybridized carbons (Fsp3) is 0.577. The van der Waals surface area contributed by atoms with Gasteiger partial charge in [-0.1, -0.05) is 32.4 Å². The Balaban J connectivity index is 3.06. The van der Waals surface area contributed by atoms with Gasteiger partial charge in [-0.25, -0.2) is 4.79 Å². The molecule has 0 bridgehead atoms. The van der Waals surface area contributed by atoms with Crippen LogP contribution in [0.5, 0.6) is 5.75 Å². The summed E-state index contributed by atoms with van der Waals surface area (Å²) in [5.74, 6) is -3.58. The second kappa shape index (κ2) is 17.6. The number of carbonyl (C=O) groups is 4. The van der Waals surface area contributed by atoms with E-state index in [2.05, 4.69) is 20.9 Å². The molecular weight excluding hydrogens is 520 g/mol.